The van der Waals surface area contributed by atoms with Gasteiger partial charge in [0.25, 0.3) is 0 Å². The van der Waals surface area contributed by atoms with Crippen LogP contribution >= 0.6 is 0 Å². The van der Waals surface area contributed by atoms with Crippen LogP contribution in [0.2, 0.25) is 0 Å². The van der Waals surface area contributed by atoms with Gasteiger partial charge in [-0.1, -0.05) is 54.6 Å². The van der Waals surface area contributed by atoms with E-state index in [0.717, 1.165) is 58.5 Å². The molecule has 3 heterocycles. The maximum Gasteiger partial charge on any atom is 0.408 e. The molecule has 0 saturated heterocycles. The molecule has 1 saturated carbocycles. The molecule has 8 heteroatoms. The van der Waals surface area contributed by atoms with Gasteiger partial charge in [-0.15, -0.1) is 0 Å². The smallest absolute Gasteiger partial charge is 0.408 e. The number of carbonyl (C=O) groups excluding carboxylic acids is 1. The van der Waals surface area contributed by atoms with Crippen LogP contribution in [0.5, 0.6) is 0 Å². The summed E-state index contributed by atoms with van der Waals surface area (Å²) in [4.78, 5) is 29.9. The van der Waals surface area contributed by atoms with Gasteiger partial charge in [0, 0.05) is 29.7 Å². The van der Waals surface area contributed by atoms with Crippen molar-refractivity contribution in [1.82, 2.24) is 25.1 Å². The van der Waals surface area contributed by atoms with Gasteiger partial charge in [0.15, 0.2) is 5.82 Å². The highest BCUT2D eigenvalue weighted by atomic mass is 16.6. The largest absolute Gasteiger partial charge is 0.444 e. The van der Waals surface area contributed by atoms with Gasteiger partial charge in [-0.05, 0) is 57.2 Å². The third-order valence-electron chi connectivity index (χ3n) is 7.42. The minimum Gasteiger partial charge on any atom is -0.444 e. The molecule has 1 aliphatic heterocycles. The van der Waals surface area contributed by atoms with E-state index in [2.05, 4.69) is 58.0 Å². The van der Waals surface area contributed by atoms with Crippen molar-refractivity contribution in [3.63, 3.8) is 0 Å². The number of fused-ring (bicyclic) bond motifs is 3. The Labute approximate surface area is 221 Å². The normalized spacial score (nSPS) is 15.7. The van der Waals surface area contributed by atoms with Crippen LogP contribution < -0.4 is 11.0 Å². The molecule has 2 aliphatic rings. The number of carbonyl (C=O) groups is 1. The lowest BCUT2D eigenvalue weighted by atomic mass is 9.71. The number of ether oxygens (including phenoxy) is 1. The monoisotopic (exact) mass is 509 g/mol. The number of H-pyrrole nitrogens is 1. The van der Waals surface area contributed by atoms with Crippen molar-refractivity contribution in [1.29, 1.82) is 0 Å². The number of benzene rings is 2. The van der Waals surface area contributed by atoms with Crippen LogP contribution in [0.25, 0.3) is 33.8 Å². The van der Waals surface area contributed by atoms with Crippen LogP contribution in [-0.4, -0.2) is 31.4 Å². The molecular weight excluding hydrogens is 478 g/mol. The molecule has 4 aromatic rings. The molecule has 0 atom stereocenters. The number of hydrogen-bond donors (Lipinski definition) is 2. The van der Waals surface area contributed by atoms with Crippen LogP contribution in [0.1, 0.15) is 51.3 Å². The number of pyridine rings is 1. The summed E-state index contributed by atoms with van der Waals surface area (Å²) in [6, 6.07) is 20.6. The molecule has 1 fully saturated rings. The number of aryl methyl sites for hydroxylation is 1. The Balaban J connectivity index is 1.39. The minimum absolute atomic E-state index is 0.198. The second-order valence-corrected chi connectivity index (χ2v) is 11.1. The van der Waals surface area contributed by atoms with Crippen molar-refractivity contribution in [3.8, 4) is 33.8 Å². The molecular formula is C30H31N5O3. The third kappa shape index (κ3) is 4.30. The highest BCUT2D eigenvalue weighted by Gasteiger charge is 2.41. The lowest BCUT2D eigenvalue weighted by Gasteiger charge is -2.43. The molecule has 194 valence electrons. The second-order valence-electron chi connectivity index (χ2n) is 11.1. The van der Waals surface area contributed by atoms with E-state index in [9.17, 15) is 9.59 Å². The van der Waals surface area contributed by atoms with Crippen molar-refractivity contribution in [2.24, 2.45) is 0 Å². The summed E-state index contributed by atoms with van der Waals surface area (Å²) in [6.07, 6.45) is 3.08. The molecule has 6 rings (SSSR count). The molecule has 38 heavy (non-hydrogen) atoms. The highest BCUT2D eigenvalue weighted by Crippen LogP contribution is 2.43. The Kier molecular flexibility index (Phi) is 5.70. The van der Waals surface area contributed by atoms with E-state index in [-0.39, 0.29) is 11.8 Å². The SMILES string of the molecule is CC(C)(C)OC(=O)NC1(c2ccc(-c3nc4c(cc3-c3ccccc3)-c3n[nH]c(=O)n3CC4)cc2)CCC1. The van der Waals surface area contributed by atoms with Crippen LogP contribution in [0.4, 0.5) is 4.79 Å². The number of hydrogen-bond acceptors (Lipinski definition) is 5. The van der Waals surface area contributed by atoms with Crippen molar-refractivity contribution in [2.75, 3.05) is 0 Å². The van der Waals surface area contributed by atoms with E-state index in [0.29, 0.717) is 18.8 Å². The average molecular weight is 510 g/mol. The number of alkyl carbamates (subject to hydrolysis) is 1. The zero-order chi connectivity index (χ0) is 26.5. The molecule has 8 nitrogen and oxygen atoms in total. The van der Waals surface area contributed by atoms with Gasteiger partial charge in [0.2, 0.25) is 0 Å². The minimum atomic E-state index is -0.546. The second kappa shape index (κ2) is 8.97. The van der Waals surface area contributed by atoms with E-state index >= 15 is 0 Å². The summed E-state index contributed by atoms with van der Waals surface area (Å²) in [6.45, 7) is 6.16. The van der Waals surface area contributed by atoms with Gasteiger partial charge in [0.05, 0.1) is 16.9 Å². The first kappa shape index (κ1) is 24.2. The summed E-state index contributed by atoms with van der Waals surface area (Å²) < 4.78 is 7.21. The van der Waals surface area contributed by atoms with Crippen molar-refractivity contribution in [3.05, 3.63) is 82.4 Å². The Morgan fingerprint density at radius 2 is 1.76 bits per heavy atom. The predicted octanol–water partition coefficient (Wildman–Crippen LogP) is 5.43. The highest BCUT2D eigenvalue weighted by molar-refractivity contribution is 5.84. The summed E-state index contributed by atoms with van der Waals surface area (Å²) in [5.41, 5.74) is 5.62. The van der Waals surface area contributed by atoms with Crippen LogP contribution in [0, 0.1) is 0 Å². The molecule has 2 aromatic carbocycles. The summed E-state index contributed by atoms with van der Waals surface area (Å²) in [5.74, 6) is 0.628. The maximum atomic E-state index is 12.6. The molecule has 0 bridgehead atoms. The van der Waals surface area contributed by atoms with Crippen molar-refractivity contribution in [2.45, 2.75) is 64.1 Å². The van der Waals surface area contributed by atoms with Gasteiger partial charge in [-0.2, -0.15) is 5.10 Å². The first-order valence-electron chi connectivity index (χ1n) is 13.1. The zero-order valence-corrected chi connectivity index (χ0v) is 21.9. The number of aromatic amines is 1. The Morgan fingerprint density at radius 3 is 2.42 bits per heavy atom. The van der Waals surface area contributed by atoms with E-state index in [1.807, 2.05) is 39.0 Å². The standard InChI is InChI=1S/C30H31N5O3/c1-29(2,3)38-28(37)32-30(15-7-16-30)21-12-10-20(11-13-21)25-22(19-8-5-4-6-9-19)18-23-24(31-25)14-17-35-26(23)33-34-27(35)36/h4-6,8-13,18H,7,14-17H2,1-3H3,(H,32,37)(H,34,36). The maximum absolute atomic E-state index is 12.6. The fourth-order valence-corrected chi connectivity index (χ4v) is 5.40. The first-order chi connectivity index (χ1) is 18.2. The zero-order valence-electron chi connectivity index (χ0n) is 21.9. The molecule has 1 amide bonds. The van der Waals surface area contributed by atoms with E-state index in [1.54, 1.807) is 4.57 Å². The number of aromatic nitrogens is 4. The van der Waals surface area contributed by atoms with Crippen LogP contribution in [0.15, 0.2) is 65.5 Å². The Morgan fingerprint density at radius 1 is 1.03 bits per heavy atom. The number of amides is 1. The molecule has 2 aromatic heterocycles. The molecule has 2 N–H and O–H groups in total. The van der Waals surface area contributed by atoms with E-state index in [1.165, 1.54) is 0 Å². The number of rotatable bonds is 4. The van der Waals surface area contributed by atoms with Gasteiger partial charge in [-0.3, -0.25) is 9.55 Å². The summed E-state index contributed by atoms with van der Waals surface area (Å²) in [5, 5.41) is 9.99. The Hall–Kier alpha value is -4.20. The van der Waals surface area contributed by atoms with Gasteiger partial charge < -0.3 is 10.1 Å². The molecule has 0 radical (unpaired) electrons. The molecule has 1 aliphatic carbocycles. The molecule has 0 unspecified atom stereocenters. The van der Waals surface area contributed by atoms with E-state index in [4.69, 9.17) is 9.72 Å². The fourth-order valence-electron chi connectivity index (χ4n) is 5.40. The quantitative estimate of drug-likeness (QED) is 0.382. The fraction of sp³-hybridized carbons (Fsp3) is 0.333. The lowest BCUT2D eigenvalue weighted by molar-refractivity contribution is 0.0377. The first-order valence-corrected chi connectivity index (χ1v) is 13.1. The summed E-state index contributed by atoms with van der Waals surface area (Å²) >= 11 is 0. The topological polar surface area (TPSA) is 102 Å². The van der Waals surface area contributed by atoms with E-state index < -0.39 is 11.1 Å². The summed E-state index contributed by atoms with van der Waals surface area (Å²) in [7, 11) is 0. The van der Waals surface area contributed by atoms with Crippen LogP contribution in [0.3, 0.4) is 0 Å². The van der Waals surface area contributed by atoms with Crippen molar-refractivity contribution >= 4 is 6.09 Å². The van der Waals surface area contributed by atoms with Crippen LogP contribution in [-0.2, 0) is 23.2 Å². The lowest BCUT2D eigenvalue weighted by Crippen LogP contribution is -2.52. The van der Waals surface area contributed by atoms with Crippen molar-refractivity contribution < 1.29 is 9.53 Å². The molecule has 0 spiro atoms. The Bertz CT molecular complexity index is 1560. The van der Waals surface area contributed by atoms with Gasteiger partial charge in [-0.25, -0.2) is 14.7 Å². The average Bonchev–Trinajstić information content (AvgIpc) is 3.26. The van der Waals surface area contributed by atoms with Gasteiger partial charge in [0.1, 0.15) is 5.60 Å². The third-order valence-corrected chi connectivity index (χ3v) is 7.42. The van der Waals surface area contributed by atoms with Gasteiger partial charge >= 0.3 is 11.8 Å². The number of nitrogens with zero attached hydrogens (tertiary/aromatic N) is 3. The predicted molar refractivity (Wildman–Crippen MR) is 146 cm³/mol. The number of nitrogens with one attached hydrogen (secondary N) is 2.